The molecular formula is C15H22N2O2. The van der Waals surface area contributed by atoms with Crippen molar-refractivity contribution in [1.82, 2.24) is 4.90 Å². The van der Waals surface area contributed by atoms with Crippen LogP contribution in [0.5, 0.6) is 5.75 Å². The van der Waals surface area contributed by atoms with Gasteiger partial charge in [-0.1, -0.05) is 13.0 Å². The van der Waals surface area contributed by atoms with E-state index in [0.717, 1.165) is 24.5 Å². The van der Waals surface area contributed by atoms with Crippen LogP contribution in [-0.4, -0.2) is 37.6 Å². The summed E-state index contributed by atoms with van der Waals surface area (Å²) < 4.78 is 5.14. The van der Waals surface area contributed by atoms with Crippen LogP contribution < -0.4 is 10.1 Å². The molecule has 1 aliphatic heterocycles. The third-order valence-electron chi connectivity index (χ3n) is 3.46. The summed E-state index contributed by atoms with van der Waals surface area (Å²) in [6.07, 6.45) is 2.46. The van der Waals surface area contributed by atoms with Crippen molar-refractivity contribution in [3.05, 3.63) is 24.3 Å². The van der Waals surface area contributed by atoms with Crippen molar-refractivity contribution in [2.24, 2.45) is 5.92 Å². The summed E-state index contributed by atoms with van der Waals surface area (Å²) in [4.78, 5) is 14.2. The van der Waals surface area contributed by atoms with Crippen LogP contribution in [-0.2, 0) is 4.79 Å². The van der Waals surface area contributed by atoms with Gasteiger partial charge in [-0.25, -0.2) is 0 Å². The Labute approximate surface area is 114 Å². The van der Waals surface area contributed by atoms with Gasteiger partial charge in [-0.05, 0) is 37.4 Å². The van der Waals surface area contributed by atoms with Gasteiger partial charge in [0, 0.05) is 18.3 Å². The van der Waals surface area contributed by atoms with E-state index in [2.05, 4.69) is 17.1 Å². The molecule has 1 heterocycles. The zero-order chi connectivity index (χ0) is 13.7. The zero-order valence-electron chi connectivity index (χ0n) is 11.7. The molecule has 4 heteroatoms. The van der Waals surface area contributed by atoms with Gasteiger partial charge < -0.3 is 10.1 Å². The fourth-order valence-electron chi connectivity index (χ4n) is 2.53. The maximum Gasteiger partial charge on any atom is 0.238 e. The van der Waals surface area contributed by atoms with Gasteiger partial charge >= 0.3 is 0 Å². The highest BCUT2D eigenvalue weighted by atomic mass is 16.5. The van der Waals surface area contributed by atoms with E-state index < -0.39 is 0 Å². The first-order valence-electron chi connectivity index (χ1n) is 6.83. The van der Waals surface area contributed by atoms with Crippen molar-refractivity contribution in [3.63, 3.8) is 0 Å². The molecule has 0 spiro atoms. The number of hydrogen-bond donors (Lipinski definition) is 1. The van der Waals surface area contributed by atoms with Crippen LogP contribution in [0.15, 0.2) is 24.3 Å². The van der Waals surface area contributed by atoms with Gasteiger partial charge in [-0.15, -0.1) is 0 Å². The smallest absolute Gasteiger partial charge is 0.238 e. The average Bonchev–Trinajstić information content (AvgIpc) is 2.38. The molecule has 1 atom stereocenters. The first-order valence-corrected chi connectivity index (χ1v) is 6.83. The van der Waals surface area contributed by atoms with Crippen molar-refractivity contribution in [1.29, 1.82) is 0 Å². The Morgan fingerprint density at radius 2 is 2.37 bits per heavy atom. The van der Waals surface area contributed by atoms with Gasteiger partial charge in [0.05, 0.1) is 13.7 Å². The van der Waals surface area contributed by atoms with E-state index in [0.29, 0.717) is 12.5 Å². The second-order valence-corrected chi connectivity index (χ2v) is 5.26. The molecule has 0 bridgehead atoms. The van der Waals surface area contributed by atoms with E-state index in [1.807, 2.05) is 24.3 Å². The highest BCUT2D eigenvalue weighted by Crippen LogP contribution is 2.18. The minimum atomic E-state index is 0.0438. The summed E-state index contributed by atoms with van der Waals surface area (Å²) in [7, 11) is 1.62. The summed E-state index contributed by atoms with van der Waals surface area (Å²) in [5.74, 6) is 1.49. The number of anilines is 1. The zero-order valence-corrected chi connectivity index (χ0v) is 11.7. The summed E-state index contributed by atoms with van der Waals surface area (Å²) >= 11 is 0. The lowest BCUT2D eigenvalue weighted by Crippen LogP contribution is -2.39. The Bertz CT molecular complexity index is 434. The fourth-order valence-corrected chi connectivity index (χ4v) is 2.53. The summed E-state index contributed by atoms with van der Waals surface area (Å²) in [5.41, 5.74) is 0.786. The second kappa shape index (κ2) is 6.57. The molecule has 1 aromatic rings. The van der Waals surface area contributed by atoms with E-state index in [9.17, 15) is 4.79 Å². The maximum absolute atomic E-state index is 12.0. The van der Waals surface area contributed by atoms with Crippen LogP contribution >= 0.6 is 0 Å². The lowest BCUT2D eigenvalue weighted by atomic mass is 10.0. The molecule has 104 valence electrons. The minimum absolute atomic E-state index is 0.0438. The highest BCUT2D eigenvalue weighted by Gasteiger charge is 2.18. The summed E-state index contributed by atoms with van der Waals surface area (Å²) in [6.45, 7) is 4.76. The molecule has 0 radical (unpaired) electrons. The molecule has 1 aromatic carbocycles. The van der Waals surface area contributed by atoms with Crippen LogP contribution in [0.4, 0.5) is 5.69 Å². The second-order valence-electron chi connectivity index (χ2n) is 5.26. The number of benzene rings is 1. The Morgan fingerprint density at radius 3 is 3.11 bits per heavy atom. The lowest BCUT2D eigenvalue weighted by Gasteiger charge is -2.30. The number of piperidine rings is 1. The molecule has 1 aliphatic rings. The molecule has 1 amide bonds. The predicted molar refractivity (Wildman–Crippen MR) is 76.5 cm³/mol. The van der Waals surface area contributed by atoms with E-state index in [4.69, 9.17) is 4.74 Å². The topological polar surface area (TPSA) is 41.6 Å². The number of nitrogens with zero attached hydrogens (tertiary/aromatic N) is 1. The standard InChI is InChI=1S/C15H22N2O2/c1-12-5-4-8-17(10-12)11-15(18)16-13-6-3-7-14(9-13)19-2/h3,6-7,9,12H,4-5,8,10-11H2,1-2H3,(H,16,18)/t12-/m0/s1. The van der Waals surface area contributed by atoms with E-state index in [-0.39, 0.29) is 5.91 Å². The third kappa shape index (κ3) is 4.24. The van der Waals surface area contributed by atoms with Crippen LogP contribution in [0, 0.1) is 5.92 Å². The number of carbonyl (C=O) groups excluding carboxylic acids is 1. The highest BCUT2D eigenvalue weighted by molar-refractivity contribution is 5.92. The first-order chi connectivity index (χ1) is 9.17. The summed E-state index contributed by atoms with van der Waals surface area (Å²) in [5, 5.41) is 2.92. The molecule has 1 N–H and O–H groups in total. The largest absolute Gasteiger partial charge is 0.497 e. The number of ether oxygens (including phenoxy) is 1. The van der Waals surface area contributed by atoms with Gasteiger partial charge in [0.1, 0.15) is 5.75 Å². The Kier molecular flexibility index (Phi) is 4.80. The molecule has 0 aliphatic carbocycles. The van der Waals surface area contributed by atoms with Crippen molar-refractivity contribution < 1.29 is 9.53 Å². The monoisotopic (exact) mass is 262 g/mol. The van der Waals surface area contributed by atoms with Crippen molar-refractivity contribution >= 4 is 11.6 Å². The molecule has 0 aromatic heterocycles. The molecule has 1 saturated heterocycles. The maximum atomic E-state index is 12.0. The summed E-state index contributed by atoms with van der Waals surface area (Å²) in [6, 6.07) is 7.44. The van der Waals surface area contributed by atoms with Crippen molar-refractivity contribution in [2.45, 2.75) is 19.8 Å². The normalized spacial score (nSPS) is 20.0. The molecule has 2 rings (SSSR count). The quantitative estimate of drug-likeness (QED) is 0.905. The number of rotatable bonds is 4. The average molecular weight is 262 g/mol. The Balaban J connectivity index is 1.86. The van der Waals surface area contributed by atoms with E-state index in [1.54, 1.807) is 7.11 Å². The number of nitrogens with one attached hydrogen (secondary N) is 1. The Hall–Kier alpha value is -1.55. The number of likely N-dealkylation sites (tertiary alicyclic amines) is 1. The van der Waals surface area contributed by atoms with Crippen LogP contribution in [0.1, 0.15) is 19.8 Å². The van der Waals surface area contributed by atoms with Gasteiger partial charge in [0.25, 0.3) is 0 Å². The fraction of sp³-hybridized carbons (Fsp3) is 0.533. The molecular weight excluding hydrogens is 240 g/mol. The lowest BCUT2D eigenvalue weighted by molar-refractivity contribution is -0.117. The van der Waals surface area contributed by atoms with Crippen LogP contribution in [0.2, 0.25) is 0 Å². The van der Waals surface area contributed by atoms with Crippen molar-refractivity contribution in [3.8, 4) is 5.75 Å². The van der Waals surface area contributed by atoms with Gasteiger partial charge in [0.2, 0.25) is 5.91 Å². The number of carbonyl (C=O) groups is 1. The number of amides is 1. The van der Waals surface area contributed by atoms with Gasteiger partial charge in [-0.2, -0.15) is 0 Å². The molecule has 19 heavy (non-hydrogen) atoms. The van der Waals surface area contributed by atoms with E-state index >= 15 is 0 Å². The SMILES string of the molecule is COc1cccc(NC(=O)CN2CCC[C@H](C)C2)c1. The van der Waals surface area contributed by atoms with E-state index in [1.165, 1.54) is 12.8 Å². The minimum Gasteiger partial charge on any atom is -0.497 e. The van der Waals surface area contributed by atoms with Crippen molar-refractivity contribution in [2.75, 3.05) is 32.1 Å². The Morgan fingerprint density at radius 1 is 1.53 bits per heavy atom. The number of methoxy groups -OCH3 is 1. The van der Waals surface area contributed by atoms with Gasteiger partial charge in [0.15, 0.2) is 0 Å². The first kappa shape index (κ1) is 13.9. The molecule has 0 unspecified atom stereocenters. The number of hydrogen-bond acceptors (Lipinski definition) is 3. The van der Waals surface area contributed by atoms with Crippen LogP contribution in [0.25, 0.3) is 0 Å². The van der Waals surface area contributed by atoms with Gasteiger partial charge in [-0.3, -0.25) is 9.69 Å². The molecule has 0 saturated carbocycles. The predicted octanol–water partition coefficient (Wildman–Crippen LogP) is 2.37. The molecule has 1 fully saturated rings. The third-order valence-corrected chi connectivity index (χ3v) is 3.46. The van der Waals surface area contributed by atoms with Crippen LogP contribution in [0.3, 0.4) is 0 Å². The molecule has 4 nitrogen and oxygen atoms in total.